The predicted octanol–water partition coefficient (Wildman–Crippen LogP) is 1.96. The molecule has 1 aromatic heterocycles. The van der Waals surface area contributed by atoms with Gasteiger partial charge in [-0.25, -0.2) is 4.79 Å². The summed E-state index contributed by atoms with van der Waals surface area (Å²) in [5, 5.41) is 11.7. The topological polar surface area (TPSA) is 71.7 Å². The van der Waals surface area contributed by atoms with Crippen molar-refractivity contribution in [2.45, 2.75) is 25.4 Å². The Kier molecular flexibility index (Phi) is 3.46. The highest BCUT2D eigenvalue weighted by Crippen LogP contribution is 2.17. The van der Waals surface area contributed by atoms with E-state index in [1.165, 1.54) is 6.07 Å². The summed E-state index contributed by atoms with van der Waals surface area (Å²) in [5.74, 6) is -0.595. The van der Waals surface area contributed by atoms with Crippen LogP contribution in [0.4, 0.5) is 5.88 Å². The number of carboxylic acids is 1. The zero-order valence-corrected chi connectivity index (χ0v) is 8.94. The molecule has 1 aliphatic heterocycles. The lowest BCUT2D eigenvalue weighted by Crippen LogP contribution is -2.12. The molecule has 0 aromatic carbocycles. The normalized spacial score (nSPS) is 19.9. The molecule has 0 amide bonds. The van der Waals surface area contributed by atoms with Crippen LogP contribution < -0.4 is 5.32 Å². The Morgan fingerprint density at radius 3 is 3.06 bits per heavy atom. The summed E-state index contributed by atoms with van der Waals surface area (Å²) >= 11 is 0. The van der Waals surface area contributed by atoms with Crippen LogP contribution in [0.5, 0.6) is 0 Å². The fourth-order valence-electron chi connectivity index (χ4n) is 1.78. The Bertz CT molecular complexity index is 355. The number of rotatable bonds is 5. The quantitative estimate of drug-likeness (QED) is 0.801. The number of hydrogen-bond donors (Lipinski definition) is 2. The number of ether oxygens (including phenoxy) is 1. The largest absolute Gasteiger partial charge is 0.475 e. The van der Waals surface area contributed by atoms with Gasteiger partial charge in [-0.2, -0.15) is 0 Å². The fraction of sp³-hybridized carbons (Fsp3) is 0.545. The predicted molar refractivity (Wildman–Crippen MR) is 57.7 cm³/mol. The molecular weight excluding hydrogens is 210 g/mol. The van der Waals surface area contributed by atoms with Crippen molar-refractivity contribution in [3.8, 4) is 0 Å². The van der Waals surface area contributed by atoms with E-state index in [2.05, 4.69) is 5.32 Å². The van der Waals surface area contributed by atoms with E-state index in [4.69, 9.17) is 14.3 Å². The van der Waals surface area contributed by atoms with Gasteiger partial charge in [0.2, 0.25) is 5.76 Å². The lowest BCUT2D eigenvalue weighted by atomic mass is 10.2. The third-order valence-corrected chi connectivity index (χ3v) is 2.61. The van der Waals surface area contributed by atoms with Crippen molar-refractivity contribution in [1.29, 1.82) is 0 Å². The molecule has 1 unspecified atom stereocenters. The molecule has 1 saturated heterocycles. The van der Waals surface area contributed by atoms with Crippen LogP contribution in [0.15, 0.2) is 16.5 Å². The summed E-state index contributed by atoms with van der Waals surface area (Å²) < 4.78 is 10.5. The lowest BCUT2D eigenvalue weighted by Gasteiger charge is -2.08. The number of nitrogens with one attached hydrogen (secondary N) is 1. The van der Waals surface area contributed by atoms with Crippen molar-refractivity contribution in [2.75, 3.05) is 18.5 Å². The van der Waals surface area contributed by atoms with Crippen LogP contribution in [0.25, 0.3) is 0 Å². The first-order valence-electron chi connectivity index (χ1n) is 5.44. The summed E-state index contributed by atoms with van der Waals surface area (Å²) in [5.41, 5.74) is 0. The summed E-state index contributed by atoms with van der Waals surface area (Å²) in [6.45, 7) is 1.59. The van der Waals surface area contributed by atoms with E-state index in [9.17, 15) is 4.79 Å². The van der Waals surface area contributed by atoms with Crippen molar-refractivity contribution < 1.29 is 19.1 Å². The summed E-state index contributed by atoms with van der Waals surface area (Å²) in [7, 11) is 0. The summed E-state index contributed by atoms with van der Waals surface area (Å²) in [4.78, 5) is 10.6. The molecule has 0 spiro atoms. The minimum absolute atomic E-state index is 0.0420. The van der Waals surface area contributed by atoms with Crippen molar-refractivity contribution in [3.63, 3.8) is 0 Å². The smallest absolute Gasteiger partial charge is 0.371 e. The van der Waals surface area contributed by atoms with Crippen LogP contribution >= 0.6 is 0 Å². The molecule has 5 nitrogen and oxygen atoms in total. The molecular formula is C11H15NO4. The third-order valence-electron chi connectivity index (χ3n) is 2.61. The van der Waals surface area contributed by atoms with Gasteiger partial charge in [0.05, 0.1) is 6.10 Å². The molecule has 2 N–H and O–H groups in total. The Morgan fingerprint density at radius 1 is 1.56 bits per heavy atom. The van der Waals surface area contributed by atoms with Crippen LogP contribution in [-0.4, -0.2) is 30.3 Å². The average molecular weight is 225 g/mol. The van der Waals surface area contributed by atoms with E-state index in [0.717, 1.165) is 32.4 Å². The minimum Gasteiger partial charge on any atom is -0.475 e. The van der Waals surface area contributed by atoms with Gasteiger partial charge >= 0.3 is 5.97 Å². The highest BCUT2D eigenvalue weighted by molar-refractivity contribution is 5.84. The molecule has 0 radical (unpaired) electrons. The van der Waals surface area contributed by atoms with E-state index < -0.39 is 5.97 Å². The molecule has 2 heterocycles. The molecule has 1 aliphatic rings. The average Bonchev–Trinajstić information content (AvgIpc) is 2.87. The van der Waals surface area contributed by atoms with Crippen LogP contribution in [0.2, 0.25) is 0 Å². The molecule has 0 bridgehead atoms. The third kappa shape index (κ3) is 2.76. The Balaban J connectivity index is 1.74. The van der Waals surface area contributed by atoms with Gasteiger partial charge in [0.1, 0.15) is 0 Å². The highest BCUT2D eigenvalue weighted by atomic mass is 16.5. The lowest BCUT2D eigenvalue weighted by molar-refractivity contribution is 0.0663. The summed E-state index contributed by atoms with van der Waals surface area (Å²) in [6, 6.07) is 3.07. The number of carbonyl (C=O) groups is 1. The first-order valence-corrected chi connectivity index (χ1v) is 5.44. The molecule has 0 saturated carbocycles. The van der Waals surface area contributed by atoms with Crippen molar-refractivity contribution in [3.05, 3.63) is 17.9 Å². The second-order valence-corrected chi connectivity index (χ2v) is 3.82. The molecule has 88 valence electrons. The Labute approximate surface area is 93.4 Å². The van der Waals surface area contributed by atoms with E-state index >= 15 is 0 Å². The molecule has 1 fully saturated rings. The number of anilines is 1. The van der Waals surface area contributed by atoms with Gasteiger partial charge in [-0.1, -0.05) is 0 Å². The first-order chi connectivity index (χ1) is 7.75. The fourth-order valence-corrected chi connectivity index (χ4v) is 1.78. The minimum atomic E-state index is -1.05. The van der Waals surface area contributed by atoms with Gasteiger partial charge < -0.3 is 19.6 Å². The van der Waals surface area contributed by atoms with Gasteiger partial charge in [0.25, 0.3) is 0 Å². The monoisotopic (exact) mass is 225 g/mol. The SMILES string of the molecule is O=C(O)c1ccc(NCCC2CCCO2)o1. The van der Waals surface area contributed by atoms with Gasteiger partial charge in [-0.05, 0) is 25.3 Å². The molecule has 16 heavy (non-hydrogen) atoms. The molecule has 1 aromatic rings. The number of carboxylic acid groups (broad SMARTS) is 1. The molecule has 0 aliphatic carbocycles. The Morgan fingerprint density at radius 2 is 2.44 bits per heavy atom. The maximum Gasteiger partial charge on any atom is 0.371 e. The van der Waals surface area contributed by atoms with E-state index in [-0.39, 0.29) is 5.76 Å². The van der Waals surface area contributed by atoms with E-state index in [1.807, 2.05) is 0 Å². The van der Waals surface area contributed by atoms with Gasteiger partial charge in [-0.3, -0.25) is 0 Å². The second kappa shape index (κ2) is 5.03. The van der Waals surface area contributed by atoms with Gasteiger partial charge in [0, 0.05) is 19.2 Å². The standard InChI is InChI=1S/C11H15NO4/c13-11(14)9-3-4-10(16-9)12-6-5-8-2-1-7-15-8/h3-4,8,12H,1-2,5-7H2,(H,13,14). The van der Waals surface area contributed by atoms with Crippen molar-refractivity contribution in [2.24, 2.45) is 0 Å². The number of furan rings is 1. The van der Waals surface area contributed by atoms with Crippen LogP contribution in [0, 0.1) is 0 Å². The van der Waals surface area contributed by atoms with Crippen molar-refractivity contribution in [1.82, 2.24) is 0 Å². The number of aromatic carboxylic acids is 1. The van der Waals surface area contributed by atoms with Crippen LogP contribution in [-0.2, 0) is 4.74 Å². The van der Waals surface area contributed by atoms with Crippen LogP contribution in [0.1, 0.15) is 29.8 Å². The highest BCUT2D eigenvalue weighted by Gasteiger charge is 2.15. The van der Waals surface area contributed by atoms with Crippen molar-refractivity contribution >= 4 is 11.9 Å². The van der Waals surface area contributed by atoms with E-state index in [1.54, 1.807) is 6.07 Å². The van der Waals surface area contributed by atoms with Gasteiger partial charge in [0.15, 0.2) is 5.88 Å². The Hall–Kier alpha value is -1.49. The molecule has 2 rings (SSSR count). The van der Waals surface area contributed by atoms with Crippen LogP contribution in [0.3, 0.4) is 0 Å². The zero-order valence-electron chi connectivity index (χ0n) is 8.94. The van der Waals surface area contributed by atoms with E-state index in [0.29, 0.717) is 12.0 Å². The van der Waals surface area contributed by atoms with Gasteiger partial charge in [-0.15, -0.1) is 0 Å². The molecule has 5 heteroatoms. The number of hydrogen-bond acceptors (Lipinski definition) is 4. The summed E-state index contributed by atoms with van der Waals surface area (Å²) in [6.07, 6.45) is 3.50. The first kappa shape index (κ1) is 11.0. The maximum atomic E-state index is 10.6. The second-order valence-electron chi connectivity index (χ2n) is 3.82. The zero-order chi connectivity index (χ0) is 11.4. The maximum absolute atomic E-state index is 10.6. The molecule has 1 atom stereocenters.